The summed E-state index contributed by atoms with van der Waals surface area (Å²) in [5.74, 6) is 2.54. The van der Waals surface area contributed by atoms with E-state index in [1.807, 2.05) is 42.3 Å². The van der Waals surface area contributed by atoms with Crippen LogP contribution >= 0.6 is 0 Å². The second kappa shape index (κ2) is 8.78. The lowest BCUT2D eigenvalue weighted by molar-refractivity contribution is -0.139. The third kappa shape index (κ3) is 4.19. The Bertz CT molecular complexity index is 867. The summed E-state index contributed by atoms with van der Waals surface area (Å²) in [6.45, 7) is 5.11. The van der Waals surface area contributed by atoms with Crippen molar-refractivity contribution < 1.29 is 14.3 Å². The van der Waals surface area contributed by atoms with Gasteiger partial charge in [0.2, 0.25) is 0 Å². The molecule has 1 aromatic heterocycles. The number of para-hydroxylation sites is 2. The van der Waals surface area contributed by atoms with E-state index in [9.17, 15) is 4.79 Å². The number of hydrogen-bond donors (Lipinski definition) is 1. The number of ether oxygens (including phenoxy) is 2. The third-order valence-electron chi connectivity index (χ3n) is 5.67. The molecule has 2 atom stereocenters. The summed E-state index contributed by atoms with van der Waals surface area (Å²) >= 11 is 0. The molecule has 7 heteroatoms. The first-order valence-corrected chi connectivity index (χ1v) is 10.3. The number of rotatable bonds is 6. The number of fused-ring (bicyclic) bond motifs is 1. The molecule has 7 nitrogen and oxygen atoms in total. The van der Waals surface area contributed by atoms with E-state index in [1.54, 1.807) is 7.11 Å². The van der Waals surface area contributed by atoms with Crippen molar-refractivity contribution in [1.82, 2.24) is 20.2 Å². The van der Waals surface area contributed by atoms with Gasteiger partial charge in [-0.1, -0.05) is 19.1 Å². The van der Waals surface area contributed by atoms with Crippen molar-refractivity contribution in [3.8, 4) is 11.5 Å². The number of hydrogen-bond acceptors (Lipinski definition) is 6. The SMILES string of the molecule is CC[C@H](Oc1ccccc1OC)C(=O)N1CCc2nc([C@H]3CCNC3)ncc2C1. The number of carbonyl (C=O) groups is 1. The standard InChI is InChI=1S/C22H28N4O3/c1-3-18(29-20-7-5-4-6-19(20)28-2)22(27)26-11-9-17-16(14-26)13-24-21(25-17)15-8-10-23-12-15/h4-7,13,15,18,23H,3,8-12,14H2,1-2H3/t15-,18-/m0/s1. The van der Waals surface area contributed by atoms with Gasteiger partial charge in [-0.15, -0.1) is 0 Å². The first kappa shape index (κ1) is 19.6. The fraction of sp³-hybridized carbons (Fsp3) is 0.500. The van der Waals surface area contributed by atoms with Gasteiger partial charge in [0.25, 0.3) is 5.91 Å². The van der Waals surface area contributed by atoms with Crippen molar-refractivity contribution in [3.05, 3.63) is 47.5 Å². The van der Waals surface area contributed by atoms with Crippen molar-refractivity contribution in [1.29, 1.82) is 0 Å². The van der Waals surface area contributed by atoms with Crippen LogP contribution in [0, 0.1) is 0 Å². The van der Waals surface area contributed by atoms with E-state index < -0.39 is 6.10 Å². The van der Waals surface area contributed by atoms with Crippen LogP contribution in [-0.4, -0.2) is 53.6 Å². The highest BCUT2D eigenvalue weighted by atomic mass is 16.5. The van der Waals surface area contributed by atoms with E-state index in [2.05, 4.69) is 10.3 Å². The lowest BCUT2D eigenvalue weighted by atomic mass is 10.0. The Hall–Kier alpha value is -2.67. The largest absolute Gasteiger partial charge is 0.493 e. The summed E-state index contributed by atoms with van der Waals surface area (Å²) in [4.78, 5) is 24.4. The highest BCUT2D eigenvalue weighted by molar-refractivity contribution is 5.81. The van der Waals surface area contributed by atoms with Gasteiger partial charge in [-0.25, -0.2) is 9.97 Å². The molecule has 3 heterocycles. The summed E-state index contributed by atoms with van der Waals surface area (Å²) < 4.78 is 11.4. The number of carbonyl (C=O) groups excluding carboxylic acids is 1. The number of nitrogens with one attached hydrogen (secondary N) is 1. The minimum absolute atomic E-state index is 0.00637. The first-order valence-electron chi connectivity index (χ1n) is 10.3. The number of aromatic nitrogens is 2. The topological polar surface area (TPSA) is 76.6 Å². The summed E-state index contributed by atoms with van der Waals surface area (Å²) in [6.07, 6.45) is 3.78. The summed E-state index contributed by atoms with van der Waals surface area (Å²) in [6, 6.07) is 7.42. The molecule has 1 amide bonds. The average Bonchev–Trinajstić information content (AvgIpc) is 3.31. The lowest BCUT2D eigenvalue weighted by Crippen LogP contribution is -2.44. The second-order valence-electron chi connectivity index (χ2n) is 7.57. The van der Waals surface area contributed by atoms with Crippen molar-refractivity contribution in [3.63, 3.8) is 0 Å². The molecule has 2 aliphatic rings. The molecule has 0 saturated carbocycles. The van der Waals surface area contributed by atoms with Gasteiger partial charge in [-0.05, 0) is 31.5 Å². The van der Waals surface area contributed by atoms with Crippen LogP contribution in [0.3, 0.4) is 0 Å². The molecule has 1 aromatic carbocycles. The van der Waals surface area contributed by atoms with Gasteiger partial charge >= 0.3 is 0 Å². The van der Waals surface area contributed by atoms with Gasteiger partial charge < -0.3 is 19.7 Å². The lowest BCUT2D eigenvalue weighted by Gasteiger charge is -2.31. The minimum Gasteiger partial charge on any atom is -0.493 e. The van der Waals surface area contributed by atoms with Crippen molar-refractivity contribution in [2.75, 3.05) is 26.7 Å². The second-order valence-corrected chi connectivity index (χ2v) is 7.57. The summed E-state index contributed by atoms with van der Waals surface area (Å²) in [7, 11) is 1.60. The molecule has 1 N–H and O–H groups in total. The van der Waals surface area contributed by atoms with Crippen molar-refractivity contribution in [2.24, 2.45) is 0 Å². The maximum absolute atomic E-state index is 13.1. The molecule has 2 aromatic rings. The highest BCUT2D eigenvalue weighted by Crippen LogP contribution is 2.28. The van der Waals surface area contributed by atoms with E-state index in [0.29, 0.717) is 36.9 Å². The fourth-order valence-electron chi connectivity index (χ4n) is 3.97. The first-order chi connectivity index (χ1) is 14.2. The molecule has 0 spiro atoms. The van der Waals surface area contributed by atoms with Gasteiger partial charge in [0.1, 0.15) is 5.82 Å². The zero-order chi connectivity index (χ0) is 20.2. The van der Waals surface area contributed by atoms with Crippen molar-refractivity contribution >= 4 is 5.91 Å². The van der Waals surface area contributed by atoms with E-state index in [0.717, 1.165) is 43.0 Å². The molecule has 0 radical (unpaired) electrons. The Kier molecular flexibility index (Phi) is 5.94. The van der Waals surface area contributed by atoms with Gasteiger partial charge in [0, 0.05) is 43.7 Å². The highest BCUT2D eigenvalue weighted by Gasteiger charge is 2.30. The Morgan fingerprint density at radius 1 is 1.34 bits per heavy atom. The molecule has 29 heavy (non-hydrogen) atoms. The van der Waals surface area contributed by atoms with Crippen LogP contribution in [0.1, 0.15) is 42.8 Å². The zero-order valence-corrected chi connectivity index (χ0v) is 17.1. The zero-order valence-electron chi connectivity index (χ0n) is 17.1. The predicted octanol–water partition coefficient (Wildman–Crippen LogP) is 2.30. The number of amides is 1. The Labute approximate surface area is 171 Å². The smallest absolute Gasteiger partial charge is 0.263 e. The van der Waals surface area contributed by atoms with Crippen molar-refractivity contribution in [2.45, 2.75) is 44.8 Å². The molecule has 1 fully saturated rings. The van der Waals surface area contributed by atoms with E-state index in [-0.39, 0.29) is 5.91 Å². The van der Waals surface area contributed by atoms with Gasteiger partial charge in [0.15, 0.2) is 17.6 Å². The Morgan fingerprint density at radius 3 is 2.90 bits per heavy atom. The Balaban J connectivity index is 1.45. The summed E-state index contributed by atoms with van der Waals surface area (Å²) in [5, 5.41) is 3.36. The maximum atomic E-state index is 13.1. The van der Waals surface area contributed by atoms with Crippen LogP contribution in [0.5, 0.6) is 11.5 Å². The number of methoxy groups -OCH3 is 1. The van der Waals surface area contributed by atoms with E-state index in [4.69, 9.17) is 14.5 Å². The molecule has 4 rings (SSSR count). The fourth-order valence-corrected chi connectivity index (χ4v) is 3.97. The van der Waals surface area contributed by atoms with Gasteiger partial charge in [0.05, 0.1) is 12.8 Å². The van der Waals surface area contributed by atoms with Crippen LogP contribution in [0.25, 0.3) is 0 Å². The molecular formula is C22H28N4O3. The average molecular weight is 396 g/mol. The molecule has 0 bridgehead atoms. The van der Waals surface area contributed by atoms with E-state index >= 15 is 0 Å². The third-order valence-corrected chi connectivity index (χ3v) is 5.67. The molecule has 1 saturated heterocycles. The normalized spacial score (nSPS) is 19.5. The van der Waals surface area contributed by atoms with Crippen LogP contribution < -0.4 is 14.8 Å². The molecule has 0 unspecified atom stereocenters. The van der Waals surface area contributed by atoms with Gasteiger partial charge in [-0.3, -0.25) is 4.79 Å². The van der Waals surface area contributed by atoms with Crippen LogP contribution in [0.15, 0.2) is 30.5 Å². The molecule has 0 aliphatic carbocycles. The molecular weight excluding hydrogens is 368 g/mol. The van der Waals surface area contributed by atoms with Crippen LogP contribution in [0.2, 0.25) is 0 Å². The van der Waals surface area contributed by atoms with Crippen LogP contribution in [0.4, 0.5) is 0 Å². The Morgan fingerprint density at radius 2 is 2.17 bits per heavy atom. The molecule has 154 valence electrons. The monoisotopic (exact) mass is 396 g/mol. The number of nitrogens with zero attached hydrogens (tertiary/aromatic N) is 3. The van der Waals surface area contributed by atoms with Crippen LogP contribution in [-0.2, 0) is 17.8 Å². The quantitative estimate of drug-likeness (QED) is 0.808. The molecule has 2 aliphatic heterocycles. The minimum atomic E-state index is -0.544. The summed E-state index contributed by atoms with van der Waals surface area (Å²) in [5.41, 5.74) is 2.11. The maximum Gasteiger partial charge on any atom is 0.263 e. The predicted molar refractivity (Wildman–Crippen MR) is 109 cm³/mol. The van der Waals surface area contributed by atoms with Gasteiger partial charge in [-0.2, -0.15) is 0 Å². The van der Waals surface area contributed by atoms with E-state index in [1.165, 1.54) is 0 Å². The number of benzene rings is 1.